The Morgan fingerprint density at radius 2 is 2.23 bits per heavy atom. The summed E-state index contributed by atoms with van der Waals surface area (Å²) in [4.78, 5) is 13.2. The van der Waals surface area contributed by atoms with Crippen molar-refractivity contribution >= 4 is 5.91 Å². The first-order valence-corrected chi connectivity index (χ1v) is 5.04. The zero-order chi connectivity index (χ0) is 9.84. The van der Waals surface area contributed by atoms with Gasteiger partial charge in [0.05, 0.1) is 0 Å². The minimum Gasteiger partial charge on any atom is -0.339 e. The molecule has 0 aromatic rings. The zero-order valence-electron chi connectivity index (χ0n) is 8.62. The summed E-state index contributed by atoms with van der Waals surface area (Å²) in [7, 11) is 1.88. The lowest BCUT2D eigenvalue weighted by molar-refractivity contribution is -0.127. The first-order chi connectivity index (χ1) is 6.15. The normalized spacial score (nSPS) is 28.2. The van der Waals surface area contributed by atoms with Gasteiger partial charge in [-0.15, -0.1) is 0 Å². The van der Waals surface area contributed by atoms with Gasteiger partial charge in [0.15, 0.2) is 0 Å². The minimum absolute atomic E-state index is 0.0547. The number of carbonyl (C=O) groups is 1. The Morgan fingerprint density at radius 3 is 2.77 bits per heavy atom. The van der Waals surface area contributed by atoms with E-state index in [4.69, 9.17) is 0 Å². The summed E-state index contributed by atoms with van der Waals surface area (Å²) in [5.41, 5.74) is 0. The number of likely N-dealkylation sites (N-methyl/N-ethyl adjacent to an activating group) is 1. The highest BCUT2D eigenvalue weighted by Gasteiger charge is 2.23. The summed E-state index contributed by atoms with van der Waals surface area (Å²) < 4.78 is 0. The van der Waals surface area contributed by atoms with Gasteiger partial charge in [0, 0.05) is 13.1 Å². The van der Waals surface area contributed by atoms with Gasteiger partial charge in [-0.2, -0.15) is 0 Å². The van der Waals surface area contributed by atoms with Crippen LogP contribution in [-0.4, -0.2) is 23.9 Å². The molecule has 1 fully saturated rings. The van der Waals surface area contributed by atoms with Crippen LogP contribution < -0.4 is 0 Å². The number of hydrogen-bond acceptors (Lipinski definition) is 1. The first kappa shape index (κ1) is 10.3. The molecule has 2 unspecified atom stereocenters. The Labute approximate surface area is 80.6 Å². The molecule has 1 aliphatic carbocycles. The average Bonchev–Trinajstić information content (AvgIpc) is 2.15. The molecule has 74 valence electrons. The molecular weight excluding hydrogens is 162 g/mol. The van der Waals surface area contributed by atoms with Gasteiger partial charge in [-0.05, 0) is 24.8 Å². The Balaban J connectivity index is 2.50. The Bertz CT molecular complexity index is 200. The largest absolute Gasteiger partial charge is 0.339 e. The van der Waals surface area contributed by atoms with E-state index in [1.165, 1.54) is 18.9 Å². The molecule has 0 aliphatic heterocycles. The molecule has 1 amide bonds. The summed E-state index contributed by atoms with van der Waals surface area (Å²) >= 11 is 0. The first-order valence-electron chi connectivity index (χ1n) is 5.04. The molecule has 2 atom stereocenters. The molecular formula is C11H19NO. The van der Waals surface area contributed by atoms with Crippen molar-refractivity contribution in [2.45, 2.75) is 38.6 Å². The average molecular weight is 181 g/mol. The number of amides is 1. The van der Waals surface area contributed by atoms with E-state index in [0.717, 1.165) is 18.8 Å². The van der Waals surface area contributed by atoms with Crippen LogP contribution >= 0.6 is 0 Å². The van der Waals surface area contributed by atoms with Gasteiger partial charge >= 0.3 is 0 Å². The smallest absolute Gasteiger partial charge is 0.245 e. The van der Waals surface area contributed by atoms with E-state index in [-0.39, 0.29) is 5.91 Å². The Hall–Kier alpha value is -0.790. The molecule has 0 radical (unpaired) electrons. The van der Waals surface area contributed by atoms with Crippen molar-refractivity contribution in [2.24, 2.45) is 5.92 Å². The van der Waals surface area contributed by atoms with Gasteiger partial charge in [-0.1, -0.05) is 26.3 Å². The van der Waals surface area contributed by atoms with Crippen molar-refractivity contribution in [3.8, 4) is 0 Å². The molecule has 0 saturated heterocycles. The van der Waals surface area contributed by atoms with E-state index in [9.17, 15) is 4.79 Å². The van der Waals surface area contributed by atoms with E-state index in [0.29, 0.717) is 6.04 Å². The molecule has 0 aromatic carbocycles. The number of hydrogen-bond donors (Lipinski definition) is 0. The van der Waals surface area contributed by atoms with Crippen molar-refractivity contribution < 1.29 is 4.79 Å². The van der Waals surface area contributed by atoms with Crippen LogP contribution in [0.15, 0.2) is 12.7 Å². The Morgan fingerprint density at radius 1 is 1.54 bits per heavy atom. The molecule has 0 N–H and O–H groups in total. The van der Waals surface area contributed by atoms with Crippen LogP contribution in [0.3, 0.4) is 0 Å². The topological polar surface area (TPSA) is 20.3 Å². The van der Waals surface area contributed by atoms with E-state index in [1.807, 2.05) is 11.9 Å². The number of nitrogens with zero attached hydrogens (tertiary/aromatic N) is 1. The van der Waals surface area contributed by atoms with E-state index < -0.39 is 0 Å². The monoisotopic (exact) mass is 181 g/mol. The van der Waals surface area contributed by atoms with E-state index >= 15 is 0 Å². The second-order valence-corrected chi connectivity index (χ2v) is 4.08. The van der Waals surface area contributed by atoms with Crippen molar-refractivity contribution in [2.75, 3.05) is 7.05 Å². The van der Waals surface area contributed by atoms with Crippen molar-refractivity contribution in [3.05, 3.63) is 12.7 Å². The molecule has 1 saturated carbocycles. The third kappa shape index (κ3) is 2.58. The molecule has 0 heterocycles. The maximum absolute atomic E-state index is 11.3. The van der Waals surface area contributed by atoms with Gasteiger partial charge < -0.3 is 4.90 Å². The molecule has 0 spiro atoms. The van der Waals surface area contributed by atoms with Crippen molar-refractivity contribution in [1.82, 2.24) is 4.90 Å². The highest BCUT2D eigenvalue weighted by molar-refractivity contribution is 5.87. The molecule has 2 nitrogen and oxygen atoms in total. The maximum Gasteiger partial charge on any atom is 0.245 e. The van der Waals surface area contributed by atoms with Gasteiger partial charge in [0.25, 0.3) is 0 Å². The third-order valence-electron chi connectivity index (χ3n) is 2.98. The second-order valence-electron chi connectivity index (χ2n) is 4.08. The van der Waals surface area contributed by atoms with Gasteiger partial charge in [-0.3, -0.25) is 4.79 Å². The fourth-order valence-corrected chi connectivity index (χ4v) is 2.08. The molecule has 0 aromatic heterocycles. The lowest BCUT2D eigenvalue weighted by atomic mass is 9.86. The molecule has 0 bridgehead atoms. The van der Waals surface area contributed by atoms with Crippen LogP contribution in [0.1, 0.15) is 32.6 Å². The molecule has 2 heteroatoms. The third-order valence-corrected chi connectivity index (χ3v) is 2.98. The lowest BCUT2D eigenvalue weighted by Crippen LogP contribution is -2.38. The maximum atomic E-state index is 11.3. The van der Waals surface area contributed by atoms with Crippen LogP contribution in [0.5, 0.6) is 0 Å². The molecule has 1 aliphatic rings. The summed E-state index contributed by atoms with van der Waals surface area (Å²) in [6.45, 7) is 5.77. The van der Waals surface area contributed by atoms with Crippen LogP contribution in [0.25, 0.3) is 0 Å². The lowest BCUT2D eigenvalue weighted by Gasteiger charge is -2.33. The van der Waals surface area contributed by atoms with Crippen molar-refractivity contribution in [1.29, 1.82) is 0 Å². The van der Waals surface area contributed by atoms with Crippen LogP contribution in [0.2, 0.25) is 0 Å². The van der Waals surface area contributed by atoms with Crippen LogP contribution in [-0.2, 0) is 4.79 Å². The predicted octanol–water partition coefficient (Wildman–Crippen LogP) is 2.21. The fourth-order valence-electron chi connectivity index (χ4n) is 2.08. The SMILES string of the molecule is C=CC(=O)N(C)C1CCCC(C)C1. The zero-order valence-corrected chi connectivity index (χ0v) is 8.62. The van der Waals surface area contributed by atoms with Crippen molar-refractivity contribution in [3.63, 3.8) is 0 Å². The minimum atomic E-state index is 0.0547. The Kier molecular flexibility index (Phi) is 3.52. The quantitative estimate of drug-likeness (QED) is 0.598. The van der Waals surface area contributed by atoms with E-state index in [1.54, 1.807) is 0 Å². The second kappa shape index (κ2) is 4.45. The number of carbonyl (C=O) groups excluding carboxylic acids is 1. The van der Waals surface area contributed by atoms with Gasteiger partial charge in [-0.25, -0.2) is 0 Å². The van der Waals surface area contributed by atoms with E-state index in [2.05, 4.69) is 13.5 Å². The summed E-state index contributed by atoms with van der Waals surface area (Å²) in [5, 5.41) is 0. The van der Waals surface area contributed by atoms with Gasteiger partial charge in [0.1, 0.15) is 0 Å². The highest BCUT2D eigenvalue weighted by Crippen LogP contribution is 2.26. The summed E-state index contributed by atoms with van der Waals surface area (Å²) in [5.74, 6) is 0.818. The van der Waals surface area contributed by atoms with Crippen LogP contribution in [0.4, 0.5) is 0 Å². The fraction of sp³-hybridized carbons (Fsp3) is 0.727. The molecule has 1 rings (SSSR count). The predicted molar refractivity (Wildman–Crippen MR) is 54.4 cm³/mol. The standard InChI is InChI=1S/C11H19NO/c1-4-11(13)12(3)10-7-5-6-9(2)8-10/h4,9-10H,1,5-8H2,2-3H3. The molecule has 13 heavy (non-hydrogen) atoms. The number of rotatable bonds is 2. The highest BCUT2D eigenvalue weighted by atomic mass is 16.2. The van der Waals surface area contributed by atoms with Crippen LogP contribution in [0, 0.1) is 5.92 Å². The summed E-state index contributed by atoms with van der Waals surface area (Å²) in [6, 6.07) is 0.439. The van der Waals surface area contributed by atoms with Gasteiger partial charge in [0.2, 0.25) is 5.91 Å². The summed E-state index contributed by atoms with van der Waals surface area (Å²) in [6.07, 6.45) is 6.27.